The van der Waals surface area contributed by atoms with E-state index in [4.69, 9.17) is 5.73 Å². The molecule has 4 nitrogen and oxygen atoms in total. The molecular formula is C11H20N4. The molecule has 1 saturated heterocycles. The van der Waals surface area contributed by atoms with Gasteiger partial charge < -0.3 is 15.2 Å². The fourth-order valence-corrected chi connectivity index (χ4v) is 2.11. The molecule has 2 rings (SSSR count). The van der Waals surface area contributed by atoms with Crippen LogP contribution in [0.2, 0.25) is 0 Å². The summed E-state index contributed by atoms with van der Waals surface area (Å²) in [7, 11) is 0. The van der Waals surface area contributed by atoms with Gasteiger partial charge in [-0.3, -0.25) is 0 Å². The Kier molecular flexibility index (Phi) is 2.84. The average Bonchev–Trinajstić information content (AvgIpc) is 2.62. The Bertz CT molecular complexity index is 323. The van der Waals surface area contributed by atoms with Crippen molar-refractivity contribution in [1.82, 2.24) is 9.55 Å². The van der Waals surface area contributed by atoms with E-state index in [0.717, 1.165) is 19.0 Å². The largest absolute Gasteiger partial charge is 0.382 e. The van der Waals surface area contributed by atoms with Gasteiger partial charge in [0.25, 0.3) is 0 Å². The maximum Gasteiger partial charge on any atom is 0.207 e. The van der Waals surface area contributed by atoms with Crippen LogP contribution in [0.3, 0.4) is 0 Å². The zero-order valence-electron chi connectivity index (χ0n) is 9.61. The standard InChI is InChI=1S/C11H20N4/c1-9(2)15-8-10(12)13-11(15)14-6-4-3-5-7-14/h8-9H,3-7,12H2,1-2H3. The summed E-state index contributed by atoms with van der Waals surface area (Å²) in [6, 6.07) is 0.423. The second-order valence-corrected chi connectivity index (χ2v) is 4.51. The van der Waals surface area contributed by atoms with Gasteiger partial charge in [0.1, 0.15) is 5.82 Å². The third-order valence-electron chi connectivity index (χ3n) is 2.93. The molecule has 0 spiro atoms. The van der Waals surface area contributed by atoms with Crippen molar-refractivity contribution in [2.45, 2.75) is 39.2 Å². The molecule has 1 aliphatic rings. The zero-order valence-corrected chi connectivity index (χ0v) is 9.61. The van der Waals surface area contributed by atoms with Gasteiger partial charge in [0.05, 0.1) is 0 Å². The average molecular weight is 208 g/mol. The van der Waals surface area contributed by atoms with E-state index in [1.165, 1.54) is 19.3 Å². The third kappa shape index (κ3) is 2.08. The lowest BCUT2D eigenvalue weighted by Gasteiger charge is -2.28. The minimum Gasteiger partial charge on any atom is -0.382 e. The summed E-state index contributed by atoms with van der Waals surface area (Å²) in [6.45, 7) is 6.55. The van der Waals surface area contributed by atoms with Gasteiger partial charge in [-0.2, -0.15) is 4.98 Å². The number of nitrogen functional groups attached to an aromatic ring is 1. The van der Waals surface area contributed by atoms with Crippen LogP contribution in [0.4, 0.5) is 11.8 Å². The molecule has 4 heteroatoms. The van der Waals surface area contributed by atoms with E-state index in [1.54, 1.807) is 0 Å². The number of anilines is 2. The van der Waals surface area contributed by atoms with E-state index in [2.05, 4.69) is 28.3 Å². The predicted molar refractivity (Wildman–Crippen MR) is 63.1 cm³/mol. The van der Waals surface area contributed by atoms with E-state index in [1.807, 2.05) is 6.20 Å². The predicted octanol–water partition coefficient (Wildman–Crippen LogP) is 2.04. The van der Waals surface area contributed by atoms with E-state index < -0.39 is 0 Å². The van der Waals surface area contributed by atoms with Gasteiger partial charge in [-0.25, -0.2) is 0 Å². The first-order valence-corrected chi connectivity index (χ1v) is 5.78. The maximum atomic E-state index is 5.77. The number of nitrogens with two attached hydrogens (primary N) is 1. The van der Waals surface area contributed by atoms with Gasteiger partial charge in [0.15, 0.2) is 0 Å². The molecule has 0 unspecified atom stereocenters. The monoisotopic (exact) mass is 208 g/mol. The molecule has 15 heavy (non-hydrogen) atoms. The fraction of sp³-hybridized carbons (Fsp3) is 0.727. The highest BCUT2D eigenvalue weighted by molar-refractivity contribution is 5.42. The van der Waals surface area contributed by atoms with Gasteiger partial charge in [-0.05, 0) is 33.1 Å². The quantitative estimate of drug-likeness (QED) is 0.809. The Balaban J connectivity index is 2.25. The van der Waals surface area contributed by atoms with Gasteiger partial charge in [-0.15, -0.1) is 0 Å². The second-order valence-electron chi connectivity index (χ2n) is 4.51. The van der Waals surface area contributed by atoms with Crippen molar-refractivity contribution in [3.05, 3.63) is 6.20 Å². The molecule has 2 N–H and O–H groups in total. The van der Waals surface area contributed by atoms with Crippen LogP contribution < -0.4 is 10.6 Å². The third-order valence-corrected chi connectivity index (χ3v) is 2.93. The van der Waals surface area contributed by atoms with Crippen molar-refractivity contribution in [3.63, 3.8) is 0 Å². The molecule has 1 aliphatic heterocycles. The van der Waals surface area contributed by atoms with Gasteiger partial charge in [0.2, 0.25) is 5.95 Å². The van der Waals surface area contributed by atoms with Gasteiger partial charge in [0, 0.05) is 25.3 Å². The fourth-order valence-electron chi connectivity index (χ4n) is 2.11. The molecule has 1 aromatic heterocycles. The Morgan fingerprint density at radius 1 is 1.27 bits per heavy atom. The number of hydrogen-bond donors (Lipinski definition) is 1. The van der Waals surface area contributed by atoms with Crippen LogP contribution >= 0.6 is 0 Å². The lowest BCUT2D eigenvalue weighted by atomic mass is 10.1. The summed E-state index contributed by atoms with van der Waals surface area (Å²) in [6.07, 6.45) is 5.82. The number of imidazole rings is 1. The van der Waals surface area contributed by atoms with Crippen LogP contribution in [-0.2, 0) is 0 Å². The molecule has 2 heterocycles. The lowest BCUT2D eigenvalue weighted by molar-refractivity contribution is 0.533. The molecule has 84 valence electrons. The summed E-state index contributed by atoms with van der Waals surface area (Å²) in [4.78, 5) is 6.77. The number of piperidine rings is 1. The van der Waals surface area contributed by atoms with Crippen molar-refractivity contribution in [3.8, 4) is 0 Å². The summed E-state index contributed by atoms with van der Waals surface area (Å²) in [5.74, 6) is 1.67. The van der Waals surface area contributed by atoms with Crippen molar-refractivity contribution >= 4 is 11.8 Å². The molecule has 0 bridgehead atoms. The van der Waals surface area contributed by atoms with E-state index >= 15 is 0 Å². The normalized spacial score (nSPS) is 17.4. The van der Waals surface area contributed by atoms with Crippen LogP contribution in [-0.4, -0.2) is 22.6 Å². The SMILES string of the molecule is CC(C)n1cc(N)nc1N1CCCCC1. The minimum atomic E-state index is 0.423. The Labute approximate surface area is 91.1 Å². The van der Waals surface area contributed by atoms with Crippen LogP contribution in [0.15, 0.2) is 6.20 Å². The van der Waals surface area contributed by atoms with Crippen LogP contribution in [0.1, 0.15) is 39.2 Å². The molecular weight excluding hydrogens is 188 g/mol. The van der Waals surface area contributed by atoms with Gasteiger partial charge in [-0.1, -0.05) is 0 Å². The van der Waals surface area contributed by atoms with E-state index in [-0.39, 0.29) is 0 Å². The Morgan fingerprint density at radius 2 is 1.93 bits per heavy atom. The molecule has 0 saturated carbocycles. The first kappa shape index (κ1) is 10.3. The second kappa shape index (κ2) is 4.13. The first-order valence-electron chi connectivity index (χ1n) is 5.78. The molecule has 0 amide bonds. The number of rotatable bonds is 2. The first-order chi connectivity index (χ1) is 7.18. The molecule has 0 atom stereocenters. The summed E-state index contributed by atoms with van der Waals surface area (Å²) >= 11 is 0. The van der Waals surface area contributed by atoms with Crippen LogP contribution in [0, 0.1) is 0 Å². The summed E-state index contributed by atoms with van der Waals surface area (Å²) in [5, 5.41) is 0. The highest BCUT2D eigenvalue weighted by Crippen LogP contribution is 2.23. The number of nitrogens with zero attached hydrogens (tertiary/aromatic N) is 3. The maximum absolute atomic E-state index is 5.77. The summed E-state index contributed by atoms with van der Waals surface area (Å²) < 4.78 is 2.17. The number of hydrogen-bond acceptors (Lipinski definition) is 3. The molecule has 1 aromatic rings. The smallest absolute Gasteiger partial charge is 0.207 e. The molecule has 0 aliphatic carbocycles. The lowest BCUT2D eigenvalue weighted by Crippen LogP contribution is -2.32. The van der Waals surface area contributed by atoms with Crippen molar-refractivity contribution < 1.29 is 0 Å². The summed E-state index contributed by atoms with van der Waals surface area (Å²) in [5.41, 5.74) is 5.77. The Hall–Kier alpha value is -1.19. The Morgan fingerprint density at radius 3 is 2.53 bits per heavy atom. The van der Waals surface area contributed by atoms with E-state index in [0.29, 0.717) is 11.9 Å². The van der Waals surface area contributed by atoms with Crippen LogP contribution in [0.25, 0.3) is 0 Å². The molecule has 0 aromatic carbocycles. The highest BCUT2D eigenvalue weighted by Gasteiger charge is 2.18. The molecule has 1 fully saturated rings. The topological polar surface area (TPSA) is 47.1 Å². The van der Waals surface area contributed by atoms with Crippen LogP contribution in [0.5, 0.6) is 0 Å². The van der Waals surface area contributed by atoms with Crippen molar-refractivity contribution in [2.75, 3.05) is 23.7 Å². The highest BCUT2D eigenvalue weighted by atomic mass is 15.3. The molecule has 0 radical (unpaired) electrons. The van der Waals surface area contributed by atoms with Gasteiger partial charge >= 0.3 is 0 Å². The van der Waals surface area contributed by atoms with E-state index in [9.17, 15) is 0 Å². The van der Waals surface area contributed by atoms with Crippen molar-refractivity contribution in [1.29, 1.82) is 0 Å². The minimum absolute atomic E-state index is 0.423. The van der Waals surface area contributed by atoms with Crippen molar-refractivity contribution in [2.24, 2.45) is 0 Å². The zero-order chi connectivity index (χ0) is 10.8. The number of aromatic nitrogens is 2.